The van der Waals surface area contributed by atoms with Gasteiger partial charge in [-0.15, -0.1) is 0 Å². The van der Waals surface area contributed by atoms with Gasteiger partial charge in [0.05, 0.1) is 0 Å². The third-order valence-corrected chi connectivity index (χ3v) is 3.73. The Morgan fingerprint density at radius 2 is 2.06 bits per heavy atom. The van der Waals surface area contributed by atoms with E-state index in [1.807, 2.05) is 0 Å². The lowest BCUT2D eigenvalue weighted by Gasteiger charge is -2.10. The second-order valence-electron chi connectivity index (χ2n) is 5.14. The van der Waals surface area contributed by atoms with Gasteiger partial charge in [0.2, 0.25) is 0 Å². The summed E-state index contributed by atoms with van der Waals surface area (Å²) in [4.78, 5) is 3.43. The molecule has 0 fully saturated rings. The number of H-pyrrole nitrogens is 1. The van der Waals surface area contributed by atoms with Crippen LogP contribution in [0.2, 0.25) is 0 Å². The number of fused-ring (bicyclic) bond motifs is 1. The van der Waals surface area contributed by atoms with Crippen molar-refractivity contribution >= 4 is 10.9 Å². The van der Waals surface area contributed by atoms with Crippen molar-refractivity contribution in [2.24, 2.45) is 0 Å². The van der Waals surface area contributed by atoms with Crippen molar-refractivity contribution in [1.29, 1.82) is 0 Å². The fraction of sp³-hybridized carbons (Fsp3) is 0.500. The highest BCUT2D eigenvalue weighted by molar-refractivity contribution is 5.86. The molecular weight excluding hydrogens is 206 g/mol. The predicted molar refractivity (Wildman–Crippen MR) is 75.6 cm³/mol. The van der Waals surface area contributed by atoms with Crippen molar-refractivity contribution in [1.82, 2.24) is 4.98 Å². The molecule has 1 atom stereocenters. The van der Waals surface area contributed by atoms with Crippen molar-refractivity contribution in [3.63, 3.8) is 0 Å². The number of aryl methyl sites for hydroxylation is 1. The molecule has 0 spiro atoms. The van der Waals surface area contributed by atoms with E-state index in [1.54, 1.807) is 0 Å². The molecule has 0 amide bonds. The maximum Gasteiger partial charge on any atom is 0.0486 e. The molecule has 1 unspecified atom stereocenters. The Bertz CT molecular complexity index is 481. The number of benzene rings is 1. The first-order valence-electron chi connectivity index (χ1n) is 6.80. The lowest BCUT2D eigenvalue weighted by atomic mass is 9.94. The van der Waals surface area contributed by atoms with Gasteiger partial charge in [0, 0.05) is 17.1 Å². The first kappa shape index (κ1) is 12.2. The van der Waals surface area contributed by atoms with Crippen molar-refractivity contribution in [2.75, 3.05) is 0 Å². The van der Waals surface area contributed by atoms with E-state index < -0.39 is 0 Å². The van der Waals surface area contributed by atoms with Gasteiger partial charge in [0.1, 0.15) is 0 Å². The average Bonchev–Trinajstić information content (AvgIpc) is 2.74. The van der Waals surface area contributed by atoms with Crippen LogP contribution in [0.1, 0.15) is 56.6 Å². The molecule has 0 radical (unpaired) electrons. The fourth-order valence-corrected chi connectivity index (χ4v) is 2.59. The summed E-state index contributed by atoms with van der Waals surface area (Å²) in [6.07, 6.45) is 7.50. The lowest BCUT2D eigenvalue weighted by Crippen LogP contribution is -1.92. The third kappa shape index (κ3) is 2.54. The van der Waals surface area contributed by atoms with E-state index in [2.05, 4.69) is 50.2 Å². The second-order valence-corrected chi connectivity index (χ2v) is 5.14. The minimum Gasteiger partial charge on any atom is -0.361 e. The normalized spacial score (nSPS) is 13.1. The largest absolute Gasteiger partial charge is 0.361 e. The Balaban J connectivity index is 2.21. The summed E-state index contributed by atoms with van der Waals surface area (Å²) in [5, 5.41) is 1.41. The van der Waals surface area contributed by atoms with Crippen LogP contribution in [0.4, 0.5) is 0 Å². The average molecular weight is 229 g/mol. The van der Waals surface area contributed by atoms with Crippen LogP contribution >= 0.6 is 0 Å². The zero-order valence-electron chi connectivity index (χ0n) is 11.2. The molecule has 1 aromatic carbocycles. The molecular formula is C16H23N. The van der Waals surface area contributed by atoms with Crippen LogP contribution in [0.25, 0.3) is 10.9 Å². The Hall–Kier alpha value is -1.24. The van der Waals surface area contributed by atoms with E-state index in [0.29, 0.717) is 5.92 Å². The number of hydrogen-bond acceptors (Lipinski definition) is 0. The summed E-state index contributed by atoms with van der Waals surface area (Å²) >= 11 is 0. The summed E-state index contributed by atoms with van der Waals surface area (Å²) in [7, 11) is 0. The van der Waals surface area contributed by atoms with Gasteiger partial charge in [0.25, 0.3) is 0 Å². The molecule has 1 N–H and O–H groups in total. The Morgan fingerprint density at radius 1 is 1.24 bits per heavy atom. The van der Waals surface area contributed by atoms with Gasteiger partial charge in [-0.1, -0.05) is 51.3 Å². The van der Waals surface area contributed by atoms with Gasteiger partial charge in [0.15, 0.2) is 0 Å². The monoisotopic (exact) mass is 229 g/mol. The standard InChI is InChI=1S/C16H23N/c1-4-5-6-8-12(2)15-11-17-16-13(3)9-7-10-14(15)16/h7,9-12,17H,4-6,8H2,1-3H3. The van der Waals surface area contributed by atoms with Crippen molar-refractivity contribution < 1.29 is 0 Å². The van der Waals surface area contributed by atoms with E-state index in [4.69, 9.17) is 0 Å². The quantitative estimate of drug-likeness (QED) is 0.682. The third-order valence-electron chi connectivity index (χ3n) is 3.73. The summed E-state index contributed by atoms with van der Waals surface area (Å²) in [6.45, 7) is 6.78. The molecule has 2 rings (SSSR count). The molecule has 0 aliphatic carbocycles. The van der Waals surface area contributed by atoms with Gasteiger partial charge in [-0.05, 0) is 30.4 Å². The zero-order chi connectivity index (χ0) is 12.3. The SMILES string of the molecule is CCCCCC(C)c1c[nH]c2c(C)cccc12. The first-order chi connectivity index (χ1) is 8.24. The molecule has 0 saturated heterocycles. The van der Waals surface area contributed by atoms with Gasteiger partial charge in [-0.3, -0.25) is 0 Å². The molecule has 0 aliphatic rings. The number of rotatable bonds is 5. The maximum absolute atomic E-state index is 3.43. The fourth-order valence-electron chi connectivity index (χ4n) is 2.59. The van der Waals surface area contributed by atoms with Gasteiger partial charge in [-0.25, -0.2) is 0 Å². The summed E-state index contributed by atoms with van der Waals surface area (Å²) in [5.41, 5.74) is 4.14. The number of aromatic nitrogens is 1. The molecule has 17 heavy (non-hydrogen) atoms. The van der Waals surface area contributed by atoms with E-state index in [-0.39, 0.29) is 0 Å². The Morgan fingerprint density at radius 3 is 2.82 bits per heavy atom. The van der Waals surface area contributed by atoms with Crippen LogP contribution < -0.4 is 0 Å². The van der Waals surface area contributed by atoms with Crippen molar-refractivity contribution in [2.45, 2.75) is 52.4 Å². The molecule has 1 heteroatoms. The van der Waals surface area contributed by atoms with Gasteiger partial charge < -0.3 is 4.98 Å². The molecule has 1 nitrogen and oxygen atoms in total. The zero-order valence-corrected chi connectivity index (χ0v) is 11.2. The highest BCUT2D eigenvalue weighted by atomic mass is 14.7. The van der Waals surface area contributed by atoms with Crippen LogP contribution in [-0.2, 0) is 0 Å². The molecule has 1 heterocycles. The Kier molecular flexibility index (Phi) is 3.88. The van der Waals surface area contributed by atoms with Crippen LogP contribution in [0.5, 0.6) is 0 Å². The van der Waals surface area contributed by atoms with Gasteiger partial charge in [-0.2, -0.15) is 0 Å². The molecule has 92 valence electrons. The van der Waals surface area contributed by atoms with Crippen LogP contribution in [0.3, 0.4) is 0 Å². The minimum absolute atomic E-state index is 0.664. The Labute approximate surface area is 104 Å². The highest BCUT2D eigenvalue weighted by Crippen LogP contribution is 2.30. The highest BCUT2D eigenvalue weighted by Gasteiger charge is 2.11. The van der Waals surface area contributed by atoms with Crippen LogP contribution in [-0.4, -0.2) is 4.98 Å². The smallest absolute Gasteiger partial charge is 0.0486 e. The molecule has 2 aromatic rings. The minimum atomic E-state index is 0.664. The molecule has 0 saturated carbocycles. The van der Waals surface area contributed by atoms with Crippen molar-refractivity contribution in [3.05, 3.63) is 35.5 Å². The van der Waals surface area contributed by atoms with E-state index >= 15 is 0 Å². The maximum atomic E-state index is 3.43. The number of para-hydroxylation sites is 1. The summed E-state index contributed by atoms with van der Waals surface area (Å²) < 4.78 is 0. The number of nitrogens with one attached hydrogen (secondary N) is 1. The van der Waals surface area contributed by atoms with E-state index in [0.717, 1.165) is 0 Å². The summed E-state index contributed by atoms with van der Waals surface area (Å²) in [6, 6.07) is 6.57. The van der Waals surface area contributed by atoms with Crippen molar-refractivity contribution in [3.8, 4) is 0 Å². The topological polar surface area (TPSA) is 15.8 Å². The molecule has 1 aromatic heterocycles. The van der Waals surface area contributed by atoms with Gasteiger partial charge >= 0.3 is 0 Å². The number of unbranched alkanes of at least 4 members (excludes halogenated alkanes) is 2. The predicted octanol–water partition coefficient (Wildman–Crippen LogP) is 5.16. The molecule has 0 aliphatic heterocycles. The first-order valence-corrected chi connectivity index (χ1v) is 6.80. The van der Waals surface area contributed by atoms with Crippen LogP contribution in [0, 0.1) is 6.92 Å². The van der Waals surface area contributed by atoms with E-state index in [1.165, 1.54) is 47.7 Å². The number of aromatic amines is 1. The molecule has 0 bridgehead atoms. The lowest BCUT2D eigenvalue weighted by molar-refractivity contribution is 0.600. The summed E-state index contributed by atoms with van der Waals surface area (Å²) in [5.74, 6) is 0.664. The van der Waals surface area contributed by atoms with E-state index in [9.17, 15) is 0 Å². The number of hydrogen-bond donors (Lipinski definition) is 1. The van der Waals surface area contributed by atoms with Crippen LogP contribution in [0.15, 0.2) is 24.4 Å². The second kappa shape index (κ2) is 5.39.